The first-order valence-electron chi connectivity index (χ1n) is 10.7. The molecule has 150 valence electrons. The van der Waals surface area contributed by atoms with Crippen molar-refractivity contribution in [2.75, 3.05) is 11.9 Å². The van der Waals surface area contributed by atoms with Crippen LogP contribution < -0.4 is 5.32 Å². The van der Waals surface area contributed by atoms with Gasteiger partial charge in [0.15, 0.2) is 0 Å². The van der Waals surface area contributed by atoms with Crippen LogP contribution >= 0.6 is 0 Å². The fraction of sp³-hybridized carbons (Fsp3) is 0.565. The van der Waals surface area contributed by atoms with Gasteiger partial charge in [-0.15, -0.1) is 0 Å². The van der Waals surface area contributed by atoms with E-state index in [-0.39, 0.29) is 0 Å². The van der Waals surface area contributed by atoms with Crippen LogP contribution in [0.2, 0.25) is 0 Å². The number of hydrogen-bond acceptors (Lipinski definition) is 5. The Morgan fingerprint density at radius 1 is 1.14 bits per heavy atom. The normalized spacial score (nSPS) is 28.1. The van der Waals surface area contributed by atoms with Crippen LogP contribution in [0.3, 0.4) is 0 Å². The highest BCUT2D eigenvalue weighted by molar-refractivity contribution is 5.27. The minimum absolute atomic E-state index is 0.292. The molecule has 2 aromatic rings. The molecule has 1 aromatic carbocycles. The van der Waals surface area contributed by atoms with Crippen molar-refractivity contribution in [2.45, 2.75) is 70.2 Å². The molecule has 0 amide bonds. The number of aromatic nitrogens is 2. The lowest BCUT2D eigenvalue weighted by molar-refractivity contribution is -0.123. The third-order valence-electron chi connectivity index (χ3n) is 6.37. The van der Waals surface area contributed by atoms with Crippen molar-refractivity contribution in [1.29, 1.82) is 0 Å². The second-order valence-electron chi connectivity index (χ2n) is 8.68. The number of piperidine rings is 1. The van der Waals surface area contributed by atoms with Crippen LogP contribution in [0.25, 0.3) is 0 Å². The number of aliphatic hydroxyl groups is 1. The van der Waals surface area contributed by atoms with E-state index in [2.05, 4.69) is 46.2 Å². The summed E-state index contributed by atoms with van der Waals surface area (Å²) >= 11 is 0. The maximum Gasteiger partial charge on any atom is 0.222 e. The van der Waals surface area contributed by atoms with Gasteiger partial charge in [0.05, 0.1) is 5.60 Å². The van der Waals surface area contributed by atoms with E-state index in [1.807, 2.05) is 30.6 Å². The summed E-state index contributed by atoms with van der Waals surface area (Å²) in [6.45, 7) is 5.93. The van der Waals surface area contributed by atoms with Crippen molar-refractivity contribution in [3.8, 4) is 0 Å². The lowest BCUT2D eigenvalue weighted by Crippen LogP contribution is -2.57. The number of benzene rings is 1. The van der Waals surface area contributed by atoms with Crippen molar-refractivity contribution in [3.63, 3.8) is 0 Å². The molecule has 2 N–H and O–H groups in total. The SMILES string of the molecule is CC(C)Nc1ncc(CN2CC[C@](O)(c3ccccc3)[C@@H]3CCCC[C@H]32)cn1. The zero-order valence-electron chi connectivity index (χ0n) is 17.0. The van der Waals surface area contributed by atoms with Crippen LogP contribution in [0.4, 0.5) is 5.95 Å². The van der Waals surface area contributed by atoms with Crippen molar-refractivity contribution in [2.24, 2.45) is 5.92 Å². The van der Waals surface area contributed by atoms with E-state index < -0.39 is 5.60 Å². The van der Waals surface area contributed by atoms with Crippen LogP contribution in [-0.2, 0) is 12.1 Å². The highest BCUT2D eigenvalue weighted by Crippen LogP contribution is 2.47. The molecule has 2 fully saturated rings. The van der Waals surface area contributed by atoms with Gasteiger partial charge in [0.1, 0.15) is 0 Å². The largest absolute Gasteiger partial charge is 0.385 e. The maximum atomic E-state index is 11.7. The van der Waals surface area contributed by atoms with E-state index in [1.54, 1.807) is 0 Å². The van der Waals surface area contributed by atoms with E-state index in [4.69, 9.17) is 0 Å². The number of hydrogen-bond donors (Lipinski definition) is 2. The average Bonchev–Trinajstić information content (AvgIpc) is 2.72. The van der Waals surface area contributed by atoms with Gasteiger partial charge in [-0.05, 0) is 38.7 Å². The molecule has 0 spiro atoms. The number of anilines is 1. The molecule has 4 rings (SSSR count). The van der Waals surface area contributed by atoms with Gasteiger partial charge < -0.3 is 10.4 Å². The van der Waals surface area contributed by atoms with Gasteiger partial charge in [0.25, 0.3) is 0 Å². The average molecular weight is 381 g/mol. The number of rotatable bonds is 5. The summed E-state index contributed by atoms with van der Waals surface area (Å²) in [6.07, 6.45) is 9.38. The van der Waals surface area contributed by atoms with Crippen LogP contribution in [0.1, 0.15) is 57.1 Å². The molecule has 0 bridgehead atoms. The van der Waals surface area contributed by atoms with Gasteiger partial charge in [0.2, 0.25) is 5.95 Å². The second kappa shape index (κ2) is 8.18. The molecule has 2 heterocycles. The molecule has 0 radical (unpaired) electrons. The van der Waals surface area contributed by atoms with Gasteiger partial charge in [-0.25, -0.2) is 9.97 Å². The molecule has 3 atom stereocenters. The lowest BCUT2D eigenvalue weighted by atomic mass is 9.66. The first kappa shape index (κ1) is 19.3. The highest BCUT2D eigenvalue weighted by atomic mass is 16.3. The van der Waals surface area contributed by atoms with Crippen molar-refractivity contribution in [3.05, 3.63) is 53.9 Å². The monoisotopic (exact) mass is 380 g/mol. The van der Waals surface area contributed by atoms with Gasteiger partial charge in [-0.1, -0.05) is 43.2 Å². The molecule has 28 heavy (non-hydrogen) atoms. The van der Waals surface area contributed by atoms with E-state index in [9.17, 15) is 5.11 Å². The lowest BCUT2D eigenvalue weighted by Gasteiger charge is -2.52. The standard InChI is InChI=1S/C23H32N4O/c1-17(2)26-22-24-14-18(15-25-22)16-27-13-12-23(28,19-8-4-3-5-9-19)20-10-6-7-11-21(20)27/h3-5,8-9,14-15,17,20-21,28H,6-7,10-13,16H2,1-2H3,(H,24,25,26)/t20-,21-,23+/m1/s1. The number of nitrogens with one attached hydrogen (secondary N) is 1. The highest BCUT2D eigenvalue weighted by Gasteiger charge is 2.48. The smallest absolute Gasteiger partial charge is 0.222 e. The van der Waals surface area contributed by atoms with E-state index in [0.717, 1.165) is 43.5 Å². The zero-order valence-corrected chi connectivity index (χ0v) is 17.0. The van der Waals surface area contributed by atoms with E-state index in [0.29, 0.717) is 23.9 Å². The Bertz CT molecular complexity index is 764. The van der Waals surface area contributed by atoms with Crippen molar-refractivity contribution in [1.82, 2.24) is 14.9 Å². The fourth-order valence-corrected chi connectivity index (χ4v) is 5.06. The summed E-state index contributed by atoms with van der Waals surface area (Å²) < 4.78 is 0. The van der Waals surface area contributed by atoms with Crippen molar-refractivity contribution < 1.29 is 5.11 Å². The Balaban J connectivity index is 1.51. The van der Waals surface area contributed by atoms with Crippen LogP contribution in [0.5, 0.6) is 0 Å². The Morgan fingerprint density at radius 2 is 1.86 bits per heavy atom. The molecule has 1 aliphatic carbocycles. The zero-order chi connectivity index (χ0) is 19.6. The number of nitrogens with zero attached hydrogens (tertiary/aromatic N) is 3. The first-order valence-corrected chi connectivity index (χ1v) is 10.7. The summed E-state index contributed by atoms with van der Waals surface area (Å²) in [5, 5.41) is 14.9. The van der Waals surface area contributed by atoms with Crippen LogP contribution in [0, 0.1) is 5.92 Å². The Labute approximate surface area is 168 Å². The van der Waals surface area contributed by atoms with Gasteiger partial charge >= 0.3 is 0 Å². The molecule has 1 saturated heterocycles. The van der Waals surface area contributed by atoms with E-state index >= 15 is 0 Å². The Kier molecular flexibility index (Phi) is 5.65. The summed E-state index contributed by atoms with van der Waals surface area (Å²) in [5.41, 5.74) is 1.52. The third kappa shape index (κ3) is 3.91. The molecule has 1 aromatic heterocycles. The Hall–Kier alpha value is -1.98. The van der Waals surface area contributed by atoms with Crippen LogP contribution in [0.15, 0.2) is 42.7 Å². The van der Waals surface area contributed by atoms with Crippen LogP contribution in [-0.4, -0.2) is 38.6 Å². The minimum Gasteiger partial charge on any atom is -0.385 e. The first-order chi connectivity index (χ1) is 13.6. The molecule has 1 saturated carbocycles. The number of fused-ring (bicyclic) bond motifs is 1. The Morgan fingerprint density at radius 3 is 2.57 bits per heavy atom. The maximum absolute atomic E-state index is 11.7. The quantitative estimate of drug-likeness (QED) is 0.822. The minimum atomic E-state index is -0.704. The summed E-state index contributed by atoms with van der Waals surface area (Å²) in [6, 6.07) is 11.0. The molecule has 5 heteroatoms. The molecule has 5 nitrogen and oxygen atoms in total. The van der Waals surface area contributed by atoms with E-state index in [1.165, 1.54) is 12.8 Å². The summed E-state index contributed by atoms with van der Waals surface area (Å²) in [5.74, 6) is 0.978. The molecular formula is C23H32N4O. The number of likely N-dealkylation sites (tertiary alicyclic amines) is 1. The summed E-state index contributed by atoms with van der Waals surface area (Å²) in [7, 11) is 0. The fourth-order valence-electron chi connectivity index (χ4n) is 5.06. The third-order valence-corrected chi connectivity index (χ3v) is 6.37. The predicted octanol–water partition coefficient (Wildman–Crippen LogP) is 3.95. The van der Waals surface area contributed by atoms with Gasteiger partial charge in [0, 0.05) is 49.0 Å². The topological polar surface area (TPSA) is 61.3 Å². The molecule has 1 aliphatic heterocycles. The van der Waals surface area contributed by atoms with Gasteiger partial charge in [-0.2, -0.15) is 0 Å². The molecule has 2 aliphatic rings. The van der Waals surface area contributed by atoms with Gasteiger partial charge in [-0.3, -0.25) is 4.90 Å². The summed E-state index contributed by atoms with van der Waals surface area (Å²) in [4.78, 5) is 11.5. The predicted molar refractivity (Wildman–Crippen MR) is 112 cm³/mol. The second-order valence-corrected chi connectivity index (χ2v) is 8.68. The van der Waals surface area contributed by atoms with Crippen molar-refractivity contribution >= 4 is 5.95 Å². The molecular weight excluding hydrogens is 348 g/mol. The molecule has 0 unspecified atom stereocenters.